The summed E-state index contributed by atoms with van der Waals surface area (Å²) in [6, 6.07) is 23.7. The van der Waals surface area contributed by atoms with Gasteiger partial charge in [0.25, 0.3) is 0 Å². The van der Waals surface area contributed by atoms with Crippen LogP contribution in [0, 0.1) is 13.8 Å². The van der Waals surface area contributed by atoms with E-state index >= 15 is 0 Å². The lowest BCUT2D eigenvalue weighted by molar-refractivity contribution is -0.123. The Balaban J connectivity index is 1.79. The zero-order chi connectivity index (χ0) is 28.2. The molecular formula is C31H31ClN4O3S. The summed E-state index contributed by atoms with van der Waals surface area (Å²) < 4.78 is 6.91. The van der Waals surface area contributed by atoms with Gasteiger partial charge >= 0.3 is 0 Å². The molecule has 0 aliphatic carbocycles. The minimum Gasteiger partial charge on any atom is -0.383 e. The first-order valence-electron chi connectivity index (χ1n) is 13.1. The number of ether oxygens (including phenoxy) is 1. The van der Waals surface area contributed by atoms with Gasteiger partial charge < -0.3 is 10.1 Å². The van der Waals surface area contributed by atoms with Gasteiger partial charge in [-0.3, -0.25) is 14.5 Å². The van der Waals surface area contributed by atoms with Crippen LogP contribution in [0.4, 0.5) is 5.82 Å². The van der Waals surface area contributed by atoms with Crippen LogP contribution in [0.1, 0.15) is 27.5 Å². The molecule has 3 aromatic carbocycles. The van der Waals surface area contributed by atoms with Crippen molar-refractivity contribution in [2.45, 2.75) is 19.1 Å². The molecule has 1 aromatic heterocycles. The quantitative estimate of drug-likeness (QED) is 0.272. The number of thioether (sulfide) groups is 1. The minimum atomic E-state index is -0.289. The van der Waals surface area contributed by atoms with Crippen LogP contribution >= 0.6 is 23.4 Å². The molecule has 2 amide bonds. The monoisotopic (exact) mass is 574 g/mol. The highest BCUT2D eigenvalue weighted by Gasteiger charge is 2.38. The van der Waals surface area contributed by atoms with Crippen LogP contribution in [0.3, 0.4) is 0 Å². The summed E-state index contributed by atoms with van der Waals surface area (Å²) in [6.45, 7) is 4.69. The molecular weight excluding hydrogens is 544 g/mol. The van der Waals surface area contributed by atoms with Crippen LogP contribution in [-0.4, -0.2) is 54.2 Å². The van der Waals surface area contributed by atoms with E-state index in [1.54, 1.807) is 12.0 Å². The van der Waals surface area contributed by atoms with Crippen LogP contribution in [0.25, 0.3) is 16.9 Å². The Hall–Kier alpha value is -3.59. The summed E-state index contributed by atoms with van der Waals surface area (Å²) in [5, 5.41) is 8.35. The first kappa shape index (κ1) is 28.0. The van der Waals surface area contributed by atoms with Crippen molar-refractivity contribution in [2.24, 2.45) is 0 Å². The molecule has 1 aliphatic heterocycles. The fraction of sp³-hybridized carbons (Fsp3) is 0.258. The zero-order valence-electron chi connectivity index (χ0n) is 22.7. The van der Waals surface area contributed by atoms with E-state index in [1.165, 1.54) is 11.8 Å². The SMILES string of the molecule is COCCNC(=O)CN1C(=O)CS[C@@H](c2ccccc2Cl)c2c(-c3ccccc3)nn(-c3cccc(C)c3C)c21. The number of nitrogens with zero attached hydrogens (tertiary/aromatic N) is 3. The molecule has 0 fully saturated rings. The highest BCUT2D eigenvalue weighted by molar-refractivity contribution is 8.00. The van der Waals surface area contributed by atoms with E-state index in [9.17, 15) is 9.59 Å². The van der Waals surface area contributed by atoms with Gasteiger partial charge in [-0.15, -0.1) is 11.8 Å². The van der Waals surface area contributed by atoms with Gasteiger partial charge in [0.2, 0.25) is 11.8 Å². The fourth-order valence-electron chi connectivity index (χ4n) is 4.89. The number of hydrogen-bond donors (Lipinski definition) is 1. The van der Waals surface area contributed by atoms with Crippen LogP contribution < -0.4 is 10.2 Å². The Bertz CT molecular complexity index is 1540. The van der Waals surface area contributed by atoms with E-state index < -0.39 is 0 Å². The molecule has 7 nitrogen and oxygen atoms in total. The smallest absolute Gasteiger partial charge is 0.240 e. The standard InChI is InChI=1S/C31H31ClN4O3S/c1-20-10-9-15-25(21(20)2)36-31-28(29(34-36)22-11-5-4-6-12-22)30(23-13-7-8-14-24(23)32)40-19-27(38)35(31)18-26(37)33-16-17-39-3/h4-15,30H,16-19H2,1-3H3,(H,33,37)/t30-/m0/s1. The molecule has 40 heavy (non-hydrogen) atoms. The van der Waals surface area contributed by atoms with Crippen molar-refractivity contribution in [3.8, 4) is 16.9 Å². The summed E-state index contributed by atoms with van der Waals surface area (Å²) in [7, 11) is 1.58. The highest BCUT2D eigenvalue weighted by atomic mass is 35.5. The van der Waals surface area contributed by atoms with Crippen molar-refractivity contribution in [1.82, 2.24) is 15.1 Å². The van der Waals surface area contributed by atoms with Crippen LogP contribution in [0.5, 0.6) is 0 Å². The summed E-state index contributed by atoms with van der Waals surface area (Å²) in [5.41, 5.74) is 6.39. The Morgan fingerprint density at radius 3 is 2.58 bits per heavy atom. The van der Waals surface area contributed by atoms with Gasteiger partial charge in [-0.25, -0.2) is 4.68 Å². The number of nitrogens with one attached hydrogen (secondary N) is 1. The first-order chi connectivity index (χ1) is 19.4. The normalized spacial score (nSPS) is 15.1. The van der Waals surface area contributed by atoms with Crippen molar-refractivity contribution in [3.63, 3.8) is 0 Å². The number of benzene rings is 3. The maximum Gasteiger partial charge on any atom is 0.240 e. The summed E-state index contributed by atoms with van der Waals surface area (Å²) in [6.07, 6.45) is 0. The Kier molecular flexibility index (Phi) is 8.59. The zero-order valence-corrected chi connectivity index (χ0v) is 24.3. The lowest BCUT2D eigenvalue weighted by Crippen LogP contribution is -2.43. The summed E-state index contributed by atoms with van der Waals surface area (Å²) in [5.74, 6) is 0.312. The molecule has 1 N–H and O–H groups in total. The number of carbonyl (C=O) groups excluding carboxylic acids is 2. The van der Waals surface area contributed by atoms with E-state index in [1.807, 2.05) is 91.3 Å². The van der Waals surface area contributed by atoms with Crippen molar-refractivity contribution < 1.29 is 14.3 Å². The molecule has 9 heteroatoms. The number of anilines is 1. The van der Waals surface area contributed by atoms with E-state index in [2.05, 4.69) is 5.32 Å². The van der Waals surface area contributed by atoms with E-state index in [0.717, 1.165) is 39.2 Å². The van der Waals surface area contributed by atoms with Crippen molar-refractivity contribution in [2.75, 3.05) is 37.5 Å². The topological polar surface area (TPSA) is 76.5 Å². The molecule has 0 spiro atoms. The number of aryl methyl sites for hydroxylation is 1. The van der Waals surface area contributed by atoms with Gasteiger partial charge in [0, 0.05) is 29.8 Å². The molecule has 1 aliphatic rings. The predicted molar refractivity (Wildman–Crippen MR) is 161 cm³/mol. The number of hydrogen-bond acceptors (Lipinski definition) is 5. The lowest BCUT2D eigenvalue weighted by atomic mass is 9.99. The number of methoxy groups -OCH3 is 1. The third-order valence-electron chi connectivity index (χ3n) is 7.06. The average molecular weight is 575 g/mol. The molecule has 5 rings (SSSR count). The maximum absolute atomic E-state index is 13.8. The third-order valence-corrected chi connectivity index (χ3v) is 8.64. The second kappa shape index (κ2) is 12.3. The van der Waals surface area contributed by atoms with Crippen molar-refractivity contribution in [3.05, 3.63) is 100 Å². The number of fused-ring (bicyclic) bond motifs is 1. The average Bonchev–Trinajstić information content (AvgIpc) is 3.28. The Labute approximate surface area is 243 Å². The highest BCUT2D eigenvalue weighted by Crippen LogP contribution is 2.50. The molecule has 0 saturated heterocycles. The lowest BCUT2D eigenvalue weighted by Gasteiger charge is -2.24. The second-order valence-corrected chi connectivity index (χ2v) is 11.1. The molecule has 4 aromatic rings. The predicted octanol–water partition coefficient (Wildman–Crippen LogP) is 5.74. The van der Waals surface area contributed by atoms with Gasteiger partial charge in [-0.2, -0.15) is 5.10 Å². The summed E-state index contributed by atoms with van der Waals surface area (Å²) >= 11 is 8.26. The number of halogens is 1. The van der Waals surface area contributed by atoms with Crippen molar-refractivity contribution >= 4 is 41.0 Å². The minimum absolute atomic E-state index is 0.143. The number of aromatic nitrogens is 2. The number of amides is 2. The third kappa shape index (κ3) is 5.52. The maximum atomic E-state index is 13.8. The van der Waals surface area contributed by atoms with E-state index in [0.29, 0.717) is 24.0 Å². The molecule has 0 bridgehead atoms. The Morgan fingerprint density at radius 2 is 1.82 bits per heavy atom. The van der Waals surface area contributed by atoms with Crippen molar-refractivity contribution in [1.29, 1.82) is 0 Å². The van der Waals surface area contributed by atoms with Crippen LogP contribution in [0.15, 0.2) is 72.8 Å². The Morgan fingerprint density at radius 1 is 1.07 bits per heavy atom. The number of rotatable bonds is 8. The molecule has 206 valence electrons. The molecule has 0 radical (unpaired) electrons. The first-order valence-corrected chi connectivity index (χ1v) is 14.5. The van der Waals surface area contributed by atoms with E-state index in [4.69, 9.17) is 21.4 Å². The number of carbonyl (C=O) groups is 2. The fourth-order valence-corrected chi connectivity index (χ4v) is 6.43. The summed E-state index contributed by atoms with van der Waals surface area (Å²) in [4.78, 5) is 28.5. The molecule has 0 unspecified atom stereocenters. The van der Waals surface area contributed by atoms with Crippen LogP contribution in [0.2, 0.25) is 5.02 Å². The van der Waals surface area contributed by atoms with Gasteiger partial charge in [-0.05, 0) is 42.7 Å². The molecule has 0 saturated carbocycles. The molecule has 1 atom stereocenters. The van der Waals surface area contributed by atoms with Gasteiger partial charge in [-0.1, -0.05) is 72.3 Å². The second-order valence-electron chi connectivity index (χ2n) is 9.62. The van der Waals surface area contributed by atoms with E-state index in [-0.39, 0.29) is 29.4 Å². The van der Waals surface area contributed by atoms with Gasteiger partial charge in [0.1, 0.15) is 12.4 Å². The van der Waals surface area contributed by atoms with Gasteiger partial charge in [0.05, 0.1) is 29.0 Å². The van der Waals surface area contributed by atoms with Crippen LogP contribution in [-0.2, 0) is 14.3 Å². The largest absolute Gasteiger partial charge is 0.383 e. The molecule has 2 heterocycles. The van der Waals surface area contributed by atoms with Gasteiger partial charge in [0.15, 0.2) is 0 Å².